The van der Waals surface area contributed by atoms with Gasteiger partial charge in [0, 0.05) is 11.7 Å². The predicted octanol–water partition coefficient (Wildman–Crippen LogP) is 2.50. The van der Waals surface area contributed by atoms with Gasteiger partial charge in [-0.25, -0.2) is 4.79 Å². The van der Waals surface area contributed by atoms with Crippen LogP contribution in [0.4, 0.5) is 5.69 Å². The normalized spacial score (nSPS) is 15.0. The molecule has 1 saturated carbocycles. The average molecular weight is 332 g/mol. The van der Waals surface area contributed by atoms with E-state index in [1.807, 2.05) is 0 Å². The zero-order valence-corrected chi connectivity index (χ0v) is 14.3. The van der Waals surface area contributed by atoms with Crippen LogP contribution in [0.5, 0.6) is 0 Å². The monoisotopic (exact) mass is 332 g/mol. The summed E-state index contributed by atoms with van der Waals surface area (Å²) in [6.07, 6.45) is 4.14. The molecule has 2 rings (SSSR count). The van der Waals surface area contributed by atoms with Crippen molar-refractivity contribution in [2.24, 2.45) is 5.41 Å². The lowest BCUT2D eigenvalue weighted by Gasteiger charge is -2.25. The van der Waals surface area contributed by atoms with Gasteiger partial charge in [0.05, 0.1) is 12.7 Å². The van der Waals surface area contributed by atoms with Crippen molar-refractivity contribution in [2.45, 2.75) is 45.6 Å². The van der Waals surface area contributed by atoms with E-state index < -0.39 is 17.3 Å². The van der Waals surface area contributed by atoms with Gasteiger partial charge in [-0.2, -0.15) is 0 Å². The summed E-state index contributed by atoms with van der Waals surface area (Å²) in [6, 6.07) is 6.59. The second-order valence-corrected chi connectivity index (χ2v) is 6.61. The standard InChI is InChI=1S/C18H24N2O4/c1-18(2,16(22)19-13-8-4-5-9-13)17(23)20-14-10-6-7-12(11-14)15(21)24-3/h6-7,10-11,13H,4-5,8-9H2,1-3H3,(H,19,22)(H,20,23). The smallest absolute Gasteiger partial charge is 0.337 e. The van der Waals surface area contributed by atoms with Gasteiger partial charge >= 0.3 is 5.97 Å². The Kier molecular flexibility index (Phi) is 5.59. The van der Waals surface area contributed by atoms with Crippen LogP contribution >= 0.6 is 0 Å². The maximum absolute atomic E-state index is 12.5. The Morgan fingerprint density at radius 1 is 1.12 bits per heavy atom. The van der Waals surface area contributed by atoms with Gasteiger partial charge < -0.3 is 15.4 Å². The molecular formula is C18H24N2O4. The topological polar surface area (TPSA) is 84.5 Å². The first-order valence-electron chi connectivity index (χ1n) is 8.15. The van der Waals surface area contributed by atoms with E-state index in [0.29, 0.717) is 11.3 Å². The Hall–Kier alpha value is -2.37. The highest BCUT2D eigenvalue weighted by Gasteiger charge is 2.37. The van der Waals surface area contributed by atoms with Crippen molar-refractivity contribution in [3.05, 3.63) is 29.8 Å². The molecule has 0 aromatic heterocycles. The molecule has 6 heteroatoms. The molecule has 6 nitrogen and oxygen atoms in total. The van der Waals surface area contributed by atoms with Gasteiger partial charge in [0.15, 0.2) is 0 Å². The Balaban J connectivity index is 2.04. The molecule has 1 fully saturated rings. The van der Waals surface area contributed by atoms with E-state index in [4.69, 9.17) is 0 Å². The van der Waals surface area contributed by atoms with Crippen molar-refractivity contribution in [1.29, 1.82) is 0 Å². The predicted molar refractivity (Wildman–Crippen MR) is 90.6 cm³/mol. The highest BCUT2D eigenvalue weighted by atomic mass is 16.5. The van der Waals surface area contributed by atoms with E-state index in [2.05, 4.69) is 15.4 Å². The first kappa shape index (κ1) is 18.0. The molecule has 2 N–H and O–H groups in total. The molecule has 0 aliphatic heterocycles. The maximum Gasteiger partial charge on any atom is 0.337 e. The van der Waals surface area contributed by atoms with Gasteiger partial charge in [-0.15, -0.1) is 0 Å². The van der Waals surface area contributed by atoms with Crippen LogP contribution in [0.15, 0.2) is 24.3 Å². The fraction of sp³-hybridized carbons (Fsp3) is 0.500. The van der Waals surface area contributed by atoms with Crippen LogP contribution in [0.3, 0.4) is 0 Å². The second kappa shape index (κ2) is 7.47. The molecule has 1 aromatic carbocycles. The number of anilines is 1. The van der Waals surface area contributed by atoms with E-state index in [-0.39, 0.29) is 11.9 Å². The second-order valence-electron chi connectivity index (χ2n) is 6.61. The van der Waals surface area contributed by atoms with E-state index in [1.165, 1.54) is 13.2 Å². The van der Waals surface area contributed by atoms with Crippen LogP contribution in [0.25, 0.3) is 0 Å². The fourth-order valence-corrected chi connectivity index (χ4v) is 2.67. The molecule has 2 amide bonds. The summed E-state index contributed by atoms with van der Waals surface area (Å²) < 4.78 is 4.66. The molecule has 1 aliphatic rings. The van der Waals surface area contributed by atoms with Crippen LogP contribution in [-0.2, 0) is 14.3 Å². The average Bonchev–Trinajstić information content (AvgIpc) is 3.07. The van der Waals surface area contributed by atoms with Crippen LogP contribution in [0, 0.1) is 5.41 Å². The van der Waals surface area contributed by atoms with Crippen LogP contribution in [-0.4, -0.2) is 30.9 Å². The van der Waals surface area contributed by atoms with Crippen molar-refractivity contribution in [1.82, 2.24) is 5.32 Å². The van der Waals surface area contributed by atoms with E-state index in [1.54, 1.807) is 32.0 Å². The van der Waals surface area contributed by atoms with Gasteiger partial charge in [0.1, 0.15) is 5.41 Å². The molecule has 0 bridgehead atoms. The molecule has 24 heavy (non-hydrogen) atoms. The summed E-state index contributed by atoms with van der Waals surface area (Å²) in [5, 5.41) is 5.65. The van der Waals surface area contributed by atoms with Crippen molar-refractivity contribution in [3.8, 4) is 0 Å². The van der Waals surface area contributed by atoms with Gasteiger partial charge in [0.25, 0.3) is 0 Å². The molecule has 0 atom stereocenters. The highest BCUT2D eigenvalue weighted by molar-refractivity contribution is 6.10. The first-order chi connectivity index (χ1) is 11.3. The lowest BCUT2D eigenvalue weighted by Crippen LogP contribution is -2.47. The Morgan fingerprint density at radius 2 is 1.79 bits per heavy atom. The maximum atomic E-state index is 12.5. The molecule has 0 spiro atoms. The Labute approximate surface area is 142 Å². The number of carbonyl (C=O) groups is 3. The zero-order chi connectivity index (χ0) is 17.7. The molecule has 0 heterocycles. The quantitative estimate of drug-likeness (QED) is 0.641. The minimum absolute atomic E-state index is 0.159. The van der Waals surface area contributed by atoms with E-state index in [9.17, 15) is 14.4 Å². The van der Waals surface area contributed by atoms with E-state index >= 15 is 0 Å². The number of rotatable bonds is 5. The lowest BCUT2D eigenvalue weighted by molar-refractivity contribution is -0.138. The van der Waals surface area contributed by atoms with Gasteiger partial charge in [-0.05, 0) is 44.9 Å². The van der Waals surface area contributed by atoms with Crippen LogP contribution in [0.2, 0.25) is 0 Å². The highest BCUT2D eigenvalue weighted by Crippen LogP contribution is 2.23. The number of carbonyl (C=O) groups excluding carboxylic acids is 3. The summed E-state index contributed by atoms with van der Waals surface area (Å²) in [7, 11) is 1.30. The number of methoxy groups -OCH3 is 1. The number of ether oxygens (including phenoxy) is 1. The summed E-state index contributed by atoms with van der Waals surface area (Å²) in [5.41, 5.74) is -0.419. The molecule has 1 aliphatic carbocycles. The number of benzene rings is 1. The summed E-state index contributed by atoms with van der Waals surface area (Å²) >= 11 is 0. The summed E-state index contributed by atoms with van der Waals surface area (Å²) in [6.45, 7) is 3.19. The molecular weight excluding hydrogens is 308 g/mol. The zero-order valence-electron chi connectivity index (χ0n) is 14.3. The summed E-state index contributed by atoms with van der Waals surface area (Å²) in [4.78, 5) is 36.5. The minimum Gasteiger partial charge on any atom is -0.465 e. The van der Waals surface area contributed by atoms with Crippen molar-refractivity contribution in [3.63, 3.8) is 0 Å². The Bertz CT molecular complexity index is 634. The molecule has 0 saturated heterocycles. The molecule has 130 valence electrons. The summed E-state index contributed by atoms with van der Waals surface area (Å²) in [5.74, 6) is -1.18. The third kappa shape index (κ3) is 4.13. The number of hydrogen-bond donors (Lipinski definition) is 2. The van der Waals surface area contributed by atoms with E-state index in [0.717, 1.165) is 25.7 Å². The number of amides is 2. The van der Waals surface area contributed by atoms with Gasteiger partial charge in [-0.1, -0.05) is 18.9 Å². The third-order valence-corrected chi connectivity index (χ3v) is 4.37. The first-order valence-corrected chi connectivity index (χ1v) is 8.15. The number of nitrogens with one attached hydrogen (secondary N) is 2. The molecule has 1 aromatic rings. The van der Waals surface area contributed by atoms with Crippen molar-refractivity contribution < 1.29 is 19.1 Å². The third-order valence-electron chi connectivity index (χ3n) is 4.37. The molecule has 0 unspecified atom stereocenters. The van der Waals surface area contributed by atoms with Gasteiger partial charge in [-0.3, -0.25) is 9.59 Å². The molecule has 0 radical (unpaired) electrons. The SMILES string of the molecule is COC(=O)c1cccc(NC(=O)C(C)(C)C(=O)NC2CCCC2)c1. The fourth-order valence-electron chi connectivity index (χ4n) is 2.67. The van der Waals surface area contributed by atoms with Crippen LogP contribution < -0.4 is 10.6 Å². The van der Waals surface area contributed by atoms with Crippen LogP contribution in [0.1, 0.15) is 49.9 Å². The number of esters is 1. The lowest BCUT2D eigenvalue weighted by atomic mass is 9.90. The largest absolute Gasteiger partial charge is 0.465 e. The number of hydrogen-bond acceptors (Lipinski definition) is 4. The van der Waals surface area contributed by atoms with Crippen molar-refractivity contribution >= 4 is 23.5 Å². The minimum atomic E-state index is -1.20. The Morgan fingerprint density at radius 3 is 2.42 bits per heavy atom. The van der Waals surface area contributed by atoms with Crippen molar-refractivity contribution in [2.75, 3.05) is 12.4 Å². The van der Waals surface area contributed by atoms with Gasteiger partial charge in [0.2, 0.25) is 11.8 Å².